The van der Waals surface area contributed by atoms with E-state index in [1.165, 1.54) is 12.1 Å². The van der Waals surface area contributed by atoms with Crippen LogP contribution in [0.5, 0.6) is 5.75 Å². The Bertz CT molecular complexity index is 996. The smallest absolute Gasteiger partial charge is 0.405 e. The minimum absolute atomic E-state index is 0.115. The van der Waals surface area contributed by atoms with Gasteiger partial charge in [-0.25, -0.2) is 4.99 Å². The number of nitrogens with two attached hydrogens (primary N) is 2. The summed E-state index contributed by atoms with van der Waals surface area (Å²) in [6.45, 7) is 0. The van der Waals surface area contributed by atoms with Crippen molar-refractivity contribution in [3.05, 3.63) is 48.5 Å². The van der Waals surface area contributed by atoms with Crippen LogP contribution in [0.4, 0.5) is 18.9 Å². The van der Waals surface area contributed by atoms with Gasteiger partial charge >= 0.3 is 6.36 Å². The van der Waals surface area contributed by atoms with Gasteiger partial charge in [0.2, 0.25) is 11.9 Å². The minimum Gasteiger partial charge on any atom is -0.405 e. The Morgan fingerprint density at radius 2 is 1.53 bits per heavy atom. The second-order valence-corrected chi connectivity index (χ2v) is 7.38. The largest absolute Gasteiger partial charge is 0.573 e. The molecule has 2 aromatic rings. The molecule has 2 aliphatic rings. The van der Waals surface area contributed by atoms with Gasteiger partial charge < -0.3 is 16.2 Å². The molecule has 0 unspecified atom stereocenters. The maximum Gasteiger partial charge on any atom is 0.573 e. The molecule has 1 fully saturated rings. The Labute approximate surface area is 172 Å². The fourth-order valence-electron chi connectivity index (χ4n) is 4.27. The van der Waals surface area contributed by atoms with Crippen LogP contribution in [0.3, 0.4) is 0 Å². The van der Waals surface area contributed by atoms with Gasteiger partial charge in [-0.3, -0.25) is 4.90 Å². The summed E-state index contributed by atoms with van der Waals surface area (Å²) in [7, 11) is 0. The highest BCUT2D eigenvalue weighted by Gasteiger charge is 2.43. The van der Waals surface area contributed by atoms with E-state index in [1.807, 2.05) is 4.90 Å². The van der Waals surface area contributed by atoms with Crippen molar-refractivity contribution in [3.8, 4) is 16.9 Å². The van der Waals surface area contributed by atoms with Crippen LogP contribution in [0.25, 0.3) is 11.1 Å². The normalized spacial score (nSPS) is 18.7. The van der Waals surface area contributed by atoms with Crippen LogP contribution in [0.2, 0.25) is 0 Å². The molecule has 9 heteroatoms. The topological polar surface area (TPSA) is 89.2 Å². The lowest BCUT2D eigenvalue weighted by atomic mass is 9.86. The molecule has 0 radical (unpaired) electrons. The molecule has 1 saturated carbocycles. The van der Waals surface area contributed by atoms with Crippen LogP contribution < -0.4 is 21.1 Å². The first-order chi connectivity index (χ1) is 14.3. The van der Waals surface area contributed by atoms with E-state index in [1.54, 1.807) is 36.4 Å². The SMILES string of the molecule is NC1=NC2(CCCCC2)N(c2ccccc2-c2ccccc2OC(F)(F)F)C(N)=N1. The second kappa shape index (κ2) is 7.55. The number of hydrogen-bond donors (Lipinski definition) is 2. The Balaban J connectivity index is 1.86. The zero-order valence-corrected chi connectivity index (χ0v) is 16.2. The predicted octanol–water partition coefficient (Wildman–Crippen LogP) is 4.36. The first kappa shape index (κ1) is 20.1. The van der Waals surface area contributed by atoms with Crippen LogP contribution >= 0.6 is 0 Å². The van der Waals surface area contributed by atoms with E-state index in [0.717, 1.165) is 32.1 Å². The van der Waals surface area contributed by atoms with Crippen LogP contribution in [-0.4, -0.2) is 23.9 Å². The summed E-state index contributed by atoms with van der Waals surface area (Å²) >= 11 is 0. The first-order valence-corrected chi connectivity index (χ1v) is 9.73. The lowest BCUT2D eigenvalue weighted by molar-refractivity contribution is -0.274. The predicted molar refractivity (Wildman–Crippen MR) is 110 cm³/mol. The molecule has 1 heterocycles. The molecule has 0 amide bonds. The molecule has 6 nitrogen and oxygen atoms in total. The first-order valence-electron chi connectivity index (χ1n) is 9.73. The number of benzene rings is 2. The van der Waals surface area contributed by atoms with Gasteiger partial charge in [0.1, 0.15) is 11.4 Å². The standard InChI is InChI=1S/C21H22F3N5O/c22-21(23,24)30-17-11-5-3-9-15(17)14-8-2-4-10-16(14)29-19(26)27-18(25)28-20(29)12-6-1-7-13-20/h2-5,8-11H,1,6-7,12-13H2,(H4,25,26,27,28). The number of anilines is 1. The van der Waals surface area contributed by atoms with E-state index in [0.29, 0.717) is 16.8 Å². The average molecular weight is 417 g/mol. The van der Waals surface area contributed by atoms with Crippen molar-refractivity contribution in [2.24, 2.45) is 21.5 Å². The molecule has 158 valence electrons. The maximum atomic E-state index is 13.0. The number of halogens is 3. The Kier molecular flexibility index (Phi) is 5.05. The molecule has 4 N–H and O–H groups in total. The Morgan fingerprint density at radius 3 is 2.23 bits per heavy atom. The molecular weight excluding hydrogens is 395 g/mol. The fourth-order valence-corrected chi connectivity index (χ4v) is 4.27. The summed E-state index contributed by atoms with van der Waals surface area (Å²) in [5.41, 5.74) is 13.0. The summed E-state index contributed by atoms with van der Waals surface area (Å²) in [5, 5.41) is 0. The summed E-state index contributed by atoms with van der Waals surface area (Å²) in [6, 6.07) is 13.1. The third kappa shape index (κ3) is 3.79. The van der Waals surface area contributed by atoms with Crippen LogP contribution in [0, 0.1) is 0 Å². The van der Waals surface area contributed by atoms with Crippen molar-refractivity contribution in [3.63, 3.8) is 0 Å². The number of hydrogen-bond acceptors (Lipinski definition) is 6. The quantitative estimate of drug-likeness (QED) is 0.777. The van der Waals surface area contributed by atoms with Crippen LogP contribution in [0.15, 0.2) is 58.5 Å². The number of nitrogens with zero attached hydrogens (tertiary/aromatic N) is 3. The highest BCUT2D eigenvalue weighted by molar-refractivity contribution is 6.07. The summed E-state index contributed by atoms with van der Waals surface area (Å²) in [4.78, 5) is 10.6. The molecule has 1 aliphatic heterocycles. The number of ether oxygens (including phenoxy) is 1. The van der Waals surface area contributed by atoms with Gasteiger partial charge in [0.25, 0.3) is 0 Å². The van der Waals surface area contributed by atoms with Gasteiger partial charge in [-0.2, -0.15) is 4.99 Å². The maximum absolute atomic E-state index is 13.0. The summed E-state index contributed by atoms with van der Waals surface area (Å²) in [6.07, 6.45) is -0.406. The van der Waals surface area contributed by atoms with Gasteiger partial charge in [-0.05, 0) is 37.8 Å². The third-order valence-corrected chi connectivity index (χ3v) is 5.40. The minimum atomic E-state index is -4.81. The highest BCUT2D eigenvalue weighted by atomic mass is 19.4. The molecule has 2 aromatic carbocycles. The fraction of sp³-hybridized carbons (Fsp3) is 0.333. The van der Waals surface area contributed by atoms with Gasteiger partial charge in [0.05, 0.1) is 5.69 Å². The third-order valence-electron chi connectivity index (χ3n) is 5.40. The molecule has 1 spiro atoms. The second-order valence-electron chi connectivity index (χ2n) is 7.38. The number of alkyl halides is 3. The molecule has 0 aromatic heterocycles. The Hall–Kier alpha value is -3.23. The summed E-state index contributed by atoms with van der Waals surface area (Å²) in [5.74, 6) is 0.000635. The number of para-hydroxylation sites is 2. The average Bonchev–Trinajstić information content (AvgIpc) is 2.68. The number of rotatable bonds is 3. The monoisotopic (exact) mass is 417 g/mol. The molecule has 1 aliphatic carbocycles. The highest BCUT2D eigenvalue weighted by Crippen LogP contribution is 2.45. The zero-order valence-electron chi connectivity index (χ0n) is 16.2. The van der Waals surface area contributed by atoms with Crippen molar-refractivity contribution in [2.75, 3.05) is 4.90 Å². The van der Waals surface area contributed by atoms with E-state index < -0.39 is 12.0 Å². The molecule has 0 saturated heterocycles. The molecule has 4 rings (SSSR count). The van der Waals surface area contributed by atoms with E-state index >= 15 is 0 Å². The van der Waals surface area contributed by atoms with Gasteiger partial charge in [0.15, 0.2) is 0 Å². The number of guanidine groups is 2. The van der Waals surface area contributed by atoms with Crippen molar-refractivity contribution >= 4 is 17.6 Å². The van der Waals surface area contributed by atoms with Gasteiger partial charge in [-0.15, -0.1) is 13.2 Å². The molecular formula is C21H22F3N5O. The van der Waals surface area contributed by atoms with E-state index in [2.05, 4.69) is 14.7 Å². The molecule has 0 bridgehead atoms. The summed E-state index contributed by atoms with van der Waals surface area (Å²) < 4.78 is 43.2. The van der Waals surface area contributed by atoms with E-state index in [4.69, 9.17) is 11.5 Å². The van der Waals surface area contributed by atoms with Crippen molar-refractivity contribution in [1.82, 2.24) is 0 Å². The van der Waals surface area contributed by atoms with E-state index in [9.17, 15) is 13.2 Å². The lowest BCUT2D eigenvalue weighted by Gasteiger charge is -2.46. The zero-order chi connectivity index (χ0) is 21.4. The van der Waals surface area contributed by atoms with E-state index in [-0.39, 0.29) is 17.7 Å². The van der Waals surface area contributed by atoms with Crippen molar-refractivity contribution in [1.29, 1.82) is 0 Å². The molecule has 0 atom stereocenters. The Morgan fingerprint density at radius 1 is 0.900 bits per heavy atom. The van der Waals surface area contributed by atoms with Crippen molar-refractivity contribution < 1.29 is 17.9 Å². The van der Waals surface area contributed by atoms with Crippen molar-refractivity contribution in [2.45, 2.75) is 44.1 Å². The van der Waals surface area contributed by atoms with Gasteiger partial charge in [0, 0.05) is 11.1 Å². The lowest BCUT2D eigenvalue weighted by Crippen LogP contribution is -2.58. The van der Waals surface area contributed by atoms with Crippen LogP contribution in [-0.2, 0) is 0 Å². The number of aliphatic imine (C=N–C) groups is 2. The van der Waals surface area contributed by atoms with Gasteiger partial charge in [-0.1, -0.05) is 42.8 Å². The molecule has 30 heavy (non-hydrogen) atoms. The van der Waals surface area contributed by atoms with Crippen LogP contribution in [0.1, 0.15) is 32.1 Å².